The largest absolute Gasteiger partial charge is 0.496 e. The fourth-order valence-corrected chi connectivity index (χ4v) is 3.19. The highest BCUT2D eigenvalue weighted by atomic mass is 16.5. The predicted octanol–water partition coefficient (Wildman–Crippen LogP) is 4.97. The Kier molecular flexibility index (Phi) is 3.23. The number of nitrogens with zero attached hydrogens (tertiary/aromatic N) is 1. The van der Waals surface area contributed by atoms with E-state index < -0.39 is 0 Å². The average Bonchev–Trinajstić information content (AvgIpc) is 2.89. The highest BCUT2D eigenvalue weighted by Gasteiger charge is 2.23. The van der Waals surface area contributed by atoms with Gasteiger partial charge in [0.2, 0.25) is 0 Å². The number of hydrogen-bond donors (Lipinski definition) is 0. The molecule has 0 atom stereocenters. The van der Waals surface area contributed by atoms with Crippen molar-refractivity contribution < 1.29 is 4.74 Å². The van der Waals surface area contributed by atoms with Gasteiger partial charge in [0.1, 0.15) is 5.75 Å². The molecule has 0 fully saturated rings. The lowest BCUT2D eigenvalue weighted by Gasteiger charge is -2.07. The van der Waals surface area contributed by atoms with Crippen molar-refractivity contribution in [3.63, 3.8) is 0 Å². The van der Waals surface area contributed by atoms with E-state index in [0.29, 0.717) is 0 Å². The van der Waals surface area contributed by atoms with Crippen molar-refractivity contribution in [2.24, 2.45) is 0 Å². The summed E-state index contributed by atoms with van der Waals surface area (Å²) in [6.07, 6.45) is 4.17. The second-order valence-corrected chi connectivity index (χ2v) is 5.72. The minimum atomic E-state index is 0.881. The van der Waals surface area contributed by atoms with Crippen LogP contribution in [0.3, 0.4) is 0 Å². The number of rotatable bonds is 2. The molecule has 0 saturated heterocycles. The molecule has 0 N–H and O–H groups in total. The van der Waals surface area contributed by atoms with E-state index in [9.17, 15) is 0 Å². The maximum absolute atomic E-state index is 5.49. The third-order valence-corrected chi connectivity index (χ3v) is 4.28. The zero-order valence-corrected chi connectivity index (χ0v) is 13.2. The number of pyridine rings is 1. The van der Waals surface area contributed by atoms with Crippen LogP contribution in [0.1, 0.15) is 22.4 Å². The lowest BCUT2D eigenvalue weighted by atomic mass is 10.0. The van der Waals surface area contributed by atoms with Gasteiger partial charge in [-0.3, -0.25) is 4.98 Å². The van der Waals surface area contributed by atoms with Crippen molar-refractivity contribution in [2.45, 2.75) is 6.92 Å². The molecule has 0 unspecified atom stereocenters. The van der Waals surface area contributed by atoms with Crippen molar-refractivity contribution in [1.82, 2.24) is 4.98 Å². The molecule has 1 heterocycles. The summed E-state index contributed by atoms with van der Waals surface area (Å²) in [6.45, 7) is 2.03. The monoisotopic (exact) mass is 299 g/mol. The molecule has 0 aliphatic heterocycles. The van der Waals surface area contributed by atoms with Gasteiger partial charge in [-0.1, -0.05) is 42.5 Å². The molecular formula is C21H17NO. The summed E-state index contributed by atoms with van der Waals surface area (Å²) < 4.78 is 5.49. The maximum atomic E-state index is 5.49. The molecule has 1 aromatic heterocycles. The van der Waals surface area contributed by atoms with Crippen LogP contribution in [-0.4, -0.2) is 12.1 Å². The molecule has 1 aliphatic rings. The zero-order valence-electron chi connectivity index (χ0n) is 13.2. The minimum Gasteiger partial charge on any atom is -0.496 e. The van der Waals surface area contributed by atoms with Gasteiger partial charge in [-0.05, 0) is 47.4 Å². The quantitative estimate of drug-likeness (QED) is 0.521. The van der Waals surface area contributed by atoms with Crippen LogP contribution in [0, 0.1) is 6.92 Å². The standard InChI is InChI=1S/C21H17NO/c1-14-11-18-16-8-4-5-9-17(16)19(20(18)13-22-14)12-15-7-3-6-10-21(15)23-2/h3-13H,1-2H3. The molecule has 2 heteroatoms. The van der Waals surface area contributed by atoms with Crippen LogP contribution in [0.15, 0.2) is 60.8 Å². The first kappa shape index (κ1) is 13.8. The molecular weight excluding hydrogens is 282 g/mol. The van der Waals surface area contributed by atoms with E-state index in [-0.39, 0.29) is 0 Å². The minimum absolute atomic E-state index is 0.881. The number of fused-ring (bicyclic) bond motifs is 3. The molecule has 0 saturated carbocycles. The second kappa shape index (κ2) is 5.40. The fourth-order valence-electron chi connectivity index (χ4n) is 3.19. The Morgan fingerprint density at radius 1 is 0.870 bits per heavy atom. The van der Waals surface area contributed by atoms with Crippen molar-refractivity contribution >= 4 is 11.6 Å². The Hall–Kier alpha value is -2.87. The SMILES string of the molecule is COc1ccccc1C=C1c2ccccc2-c2cc(C)ncc21. The molecule has 112 valence electrons. The van der Waals surface area contributed by atoms with Gasteiger partial charge in [0, 0.05) is 23.0 Å². The van der Waals surface area contributed by atoms with E-state index in [1.165, 1.54) is 27.8 Å². The molecule has 0 bridgehead atoms. The normalized spacial score (nSPS) is 13.7. The highest BCUT2D eigenvalue weighted by Crippen LogP contribution is 2.45. The third kappa shape index (κ3) is 2.23. The topological polar surface area (TPSA) is 22.1 Å². The predicted molar refractivity (Wildman–Crippen MR) is 94.4 cm³/mol. The van der Waals surface area contributed by atoms with Gasteiger partial charge in [-0.15, -0.1) is 0 Å². The van der Waals surface area contributed by atoms with E-state index in [2.05, 4.69) is 47.5 Å². The molecule has 1 aliphatic carbocycles. The van der Waals surface area contributed by atoms with E-state index >= 15 is 0 Å². The Morgan fingerprint density at radius 2 is 1.61 bits per heavy atom. The van der Waals surface area contributed by atoms with Crippen LogP contribution >= 0.6 is 0 Å². The number of para-hydroxylation sites is 1. The van der Waals surface area contributed by atoms with Gasteiger partial charge in [0.15, 0.2) is 0 Å². The number of ether oxygens (including phenoxy) is 1. The summed E-state index contributed by atoms with van der Waals surface area (Å²) in [7, 11) is 1.71. The number of aromatic nitrogens is 1. The Bertz CT molecular complexity index is 925. The van der Waals surface area contributed by atoms with Gasteiger partial charge in [0.05, 0.1) is 7.11 Å². The summed E-state index contributed by atoms with van der Waals surface area (Å²) in [4.78, 5) is 4.50. The van der Waals surface area contributed by atoms with Crippen LogP contribution in [0.25, 0.3) is 22.8 Å². The lowest BCUT2D eigenvalue weighted by Crippen LogP contribution is -1.89. The Balaban J connectivity index is 1.98. The first-order valence-corrected chi connectivity index (χ1v) is 7.69. The summed E-state index contributed by atoms with van der Waals surface area (Å²) in [5.74, 6) is 0.881. The molecule has 0 amide bonds. The summed E-state index contributed by atoms with van der Waals surface area (Å²) in [5, 5.41) is 0. The fraction of sp³-hybridized carbons (Fsp3) is 0.0952. The van der Waals surface area contributed by atoms with E-state index in [1.54, 1.807) is 7.11 Å². The number of methoxy groups -OCH3 is 1. The van der Waals surface area contributed by atoms with Crippen molar-refractivity contribution in [3.05, 3.63) is 83.2 Å². The molecule has 0 spiro atoms. The molecule has 2 nitrogen and oxygen atoms in total. The number of aryl methyl sites for hydroxylation is 1. The first-order chi connectivity index (χ1) is 11.3. The Labute approximate surface area is 136 Å². The summed E-state index contributed by atoms with van der Waals surface area (Å²) in [6, 6.07) is 18.8. The van der Waals surface area contributed by atoms with E-state index in [4.69, 9.17) is 4.74 Å². The van der Waals surface area contributed by atoms with Crippen LogP contribution in [0.4, 0.5) is 0 Å². The lowest BCUT2D eigenvalue weighted by molar-refractivity contribution is 0.414. The van der Waals surface area contributed by atoms with Crippen molar-refractivity contribution in [3.8, 4) is 16.9 Å². The summed E-state index contributed by atoms with van der Waals surface area (Å²) in [5.41, 5.74) is 8.28. The number of benzene rings is 2. The number of hydrogen-bond acceptors (Lipinski definition) is 2. The van der Waals surface area contributed by atoms with Gasteiger partial charge in [-0.2, -0.15) is 0 Å². The zero-order chi connectivity index (χ0) is 15.8. The molecule has 4 rings (SSSR count). The van der Waals surface area contributed by atoms with Gasteiger partial charge >= 0.3 is 0 Å². The van der Waals surface area contributed by atoms with E-state index in [1.807, 2.05) is 31.3 Å². The maximum Gasteiger partial charge on any atom is 0.126 e. The van der Waals surface area contributed by atoms with Crippen LogP contribution < -0.4 is 4.74 Å². The van der Waals surface area contributed by atoms with Crippen LogP contribution in [0.5, 0.6) is 5.75 Å². The third-order valence-electron chi connectivity index (χ3n) is 4.28. The highest BCUT2D eigenvalue weighted by molar-refractivity contribution is 6.06. The molecule has 2 aromatic carbocycles. The Morgan fingerprint density at radius 3 is 2.43 bits per heavy atom. The van der Waals surface area contributed by atoms with Crippen molar-refractivity contribution in [2.75, 3.05) is 7.11 Å². The molecule has 0 radical (unpaired) electrons. The van der Waals surface area contributed by atoms with E-state index in [0.717, 1.165) is 17.0 Å². The second-order valence-electron chi connectivity index (χ2n) is 5.72. The van der Waals surface area contributed by atoms with Crippen LogP contribution in [-0.2, 0) is 0 Å². The average molecular weight is 299 g/mol. The van der Waals surface area contributed by atoms with Crippen molar-refractivity contribution in [1.29, 1.82) is 0 Å². The van der Waals surface area contributed by atoms with Gasteiger partial charge in [-0.25, -0.2) is 0 Å². The van der Waals surface area contributed by atoms with Gasteiger partial charge in [0.25, 0.3) is 0 Å². The molecule has 3 aromatic rings. The first-order valence-electron chi connectivity index (χ1n) is 7.69. The van der Waals surface area contributed by atoms with Crippen LogP contribution in [0.2, 0.25) is 0 Å². The van der Waals surface area contributed by atoms with Gasteiger partial charge < -0.3 is 4.74 Å². The summed E-state index contributed by atoms with van der Waals surface area (Å²) >= 11 is 0. The smallest absolute Gasteiger partial charge is 0.126 e. The molecule has 23 heavy (non-hydrogen) atoms.